The first-order valence-corrected chi connectivity index (χ1v) is 6.47. The Kier molecular flexibility index (Phi) is 8.66. The summed E-state index contributed by atoms with van der Waals surface area (Å²) in [6.07, 6.45) is -0.944. The van der Waals surface area contributed by atoms with Crippen LogP contribution in [0.1, 0.15) is 27.2 Å². The van der Waals surface area contributed by atoms with Gasteiger partial charge in [-0.25, -0.2) is 9.59 Å². The molecule has 0 aliphatic carbocycles. The molecule has 0 aliphatic rings. The maximum Gasteiger partial charge on any atom is 0.407 e. The van der Waals surface area contributed by atoms with Crippen molar-refractivity contribution in [1.82, 2.24) is 10.6 Å². The molecule has 0 bridgehead atoms. The summed E-state index contributed by atoms with van der Waals surface area (Å²) in [7, 11) is 0. The highest BCUT2D eigenvalue weighted by molar-refractivity contribution is 5.67. The van der Waals surface area contributed by atoms with Gasteiger partial charge in [-0.2, -0.15) is 0 Å². The number of nitrogens with two attached hydrogens (primary N) is 1. The van der Waals surface area contributed by atoms with Gasteiger partial charge in [-0.3, -0.25) is 0 Å². The first-order chi connectivity index (χ1) is 9.20. The van der Waals surface area contributed by atoms with Crippen LogP contribution in [0.15, 0.2) is 0 Å². The number of hydrogen-bond acceptors (Lipinski definition) is 5. The van der Waals surface area contributed by atoms with Crippen LogP contribution >= 0.6 is 0 Å². The van der Waals surface area contributed by atoms with E-state index in [2.05, 4.69) is 10.6 Å². The average Bonchev–Trinajstić information content (AvgIpc) is 2.28. The summed E-state index contributed by atoms with van der Waals surface area (Å²) < 4.78 is 10.3. The third-order valence-electron chi connectivity index (χ3n) is 1.98. The molecule has 118 valence electrons. The Morgan fingerprint density at radius 3 is 2.50 bits per heavy atom. The lowest BCUT2D eigenvalue weighted by Gasteiger charge is -2.19. The molecule has 0 aromatic heterocycles. The molecule has 0 saturated carbocycles. The van der Waals surface area contributed by atoms with Crippen LogP contribution in [0.5, 0.6) is 0 Å². The number of rotatable bonds is 8. The molecule has 0 saturated heterocycles. The zero-order valence-corrected chi connectivity index (χ0v) is 12.3. The third-order valence-corrected chi connectivity index (χ3v) is 1.98. The Labute approximate surface area is 119 Å². The highest BCUT2D eigenvalue weighted by atomic mass is 16.6. The molecule has 2 amide bonds. The lowest BCUT2D eigenvalue weighted by atomic mass is 10.2. The summed E-state index contributed by atoms with van der Waals surface area (Å²) in [5, 5.41) is 13.2. The second-order valence-corrected chi connectivity index (χ2v) is 5.30. The fourth-order valence-corrected chi connectivity index (χ4v) is 1.19. The minimum Gasteiger partial charge on any atom is -0.465 e. The van der Waals surface area contributed by atoms with Gasteiger partial charge in [0.15, 0.2) is 0 Å². The van der Waals surface area contributed by atoms with Gasteiger partial charge in [-0.1, -0.05) is 0 Å². The maximum absolute atomic E-state index is 11.3. The summed E-state index contributed by atoms with van der Waals surface area (Å²) in [4.78, 5) is 21.5. The zero-order valence-electron chi connectivity index (χ0n) is 12.3. The highest BCUT2D eigenvalue weighted by Crippen LogP contribution is 2.06. The Balaban J connectivity index is 3.44. The van der Waals surface area contributed by atoms with E-state index in [1.165, 1.54) is 0 Å². The van der Waals surface area contributed by atoms with Gasteiger partial charge in [0.2, 0.25) is 0 Å². The fourth-order valence-electron chi connectivity index (χ4n) is 1.19. The average molecular weight is 291 g/mol. The van der Waals surface area contributed by atoms with Crippen LogP contribution in [0, 0.1) is 0 Å². The van der Waals surface area contributed by atoms with Crippen molar-refractivity contribution in [1.29, 1.82) is 0 Å². The Morgan fingerprint density at radius 1 is 1.30 bits per heavy atom. The van der Waals surface area contributed by atoms with Gasteiger partial charge in [-0.15, -0.1) is 0 Å². The van der Waals surface area contributed by atoms with Gasteiger partial charge >= 0.3 is 12.2 Å². The molecular formula is C12H25N3O5. The predicted molar refractivity (Wildman–Crippen MR) is 73.7 cm³/mol. The Morgan fingerprint density at radius 2 is 1.95 bits per heavy atom. The van der Waals surface area contributed by atoms with E-state index < -0.39 is 17.8 Å². The minimum absolute atomic E-state index is 0.144. The van der Waals surface area contributed by atoms with Crippen LogP contribution < -0.4 is 16.4 Å². The number of amides is 2. The van der Waals surface area contributed by atoms with Crippen molar-refractivity contribution in [2.75, 3.05) is 26.3 Å². The summed E-state index contributed by atoms with van der Waals surface area (Å²) in [6, 6.07) is -0.384. The smallest absolute Gasteiger partial charge is 0.407 e. The molecule has 5 N–H and O–H groups in total. The molecular weight excluding hydrogens is 266 g/mol. The summed E-state index contributed by atoms with van der Waals surface area (Å²) >= 11 is 0. The standard InChI is InChI=1S/C12H25N3O5/c1-12(2,3)20-11(18)14-5-4-6-19-8-9(13)7-15-10(16)17/h9,15H,4-8,13H2,1-3H3,(H,14,18)(H,16,17). The molecule has 8 heteroatoms. The van der Waals surface area contributed by atoms with Crippen molar-refractivity contribution in [2.45, 2.75) is 38.8 Å². The number of hydrogen-bond donors (Lipinski definition) is 4. The molecule has 0 heterocycles. The van der Waals surface area contributed by atoms with Crippen LogP contribution in [0.3, 0.4) is 0 Å². The van der Waals surface area contributed by atoms with Crippen LogP contribution in [0.2, 0.25) is 0 Å². The molecule has 0 rings (SSSR count). The van der Waals surface area contributed by atoms with Crippen LogP contribution in [0.4, 0.5) is 9.59 Å². The minimum atomic E-state index is -1.11. The molecule has 20 heavy (non-hydrogen) atoms. The highest BCUT2D eigenvalue weighted by Gasteiger charge is 2.15. The van der Waals surface area contributed by atoms with Crippen molar-refractivity contribution in [2.24, 2.45) is 5.73 Å². The third kappa shape index (κ3) is 12.9. The van der Waals surface area contributed by atoms with Crippen LogP contribution in [0.25, 0.3) is 0 Å². The predicted octanol–water partition coefficient (Wildman–Crippen LogP) is 0.513. The molecule has 0 radical (unpaired) electrons. The molecule has 0 aliphatic heterocycles. The second kappa shape index (κ2) is 9.38. The fraction of sp³-hybridized carbons (Fsp3) is 0.833. The van der Waals surface area contributed by atoms with E-state index >= 15 is 0 Å². The summed E-state index contributed by atoms with van der Waals surface area (Å²) in [6.45, 7) is 6.65. The normalized spacial score (nSPS) is 12.6. The molecule has 1 atom stereocenters. The van der Waals surface area contributed by atoms with Crippen molar-refractivity contribution in [3.63, 3.8) is 0 Å². The van der Waals surface area contributed by atoms with Crippen molar-refractivity contribution >= 4 is 12.2 Å². The zero-order chi connectivity index (χ0) is 15.6. The van der Waals surface area contributed by atoms with Crippen LogP contribution in [-0.4, -0.2) is 55.2 Å². The monoisotopic (exact) mass is 291 g/mol. The van der Waals surface area contributed by atoms with Gasteiger partial charge in [0.25, 0.3) is 0 Å². The molecule has 0 spiro atoms. The topological polar surface area (TPSA) is 123 Å². The van der Waals surface area contributed by atoms with Crippen molar-refractivity contribution in [3.05, 3.63) is 0 Å². The maximum atomic E-state index is 11.3. The molecule has 0 fully saturated rings. The van der Waals surface area contributed by atoms with E-state index in [4.69, 9.17) is 20.3 Å². The van der Waals surface area contributed by atoms with Gasteiger partial charge in [-0.05, 0) is 27.2 Å². The Hall–Kier alpha value is -1.54. The number of carboxylic acid groups (broad SMARTS) is 1. The second-order valence-electron chi connectivity index (χ2n) is 5.30. The molecule has 0 aromatic rings. The van der Waals surface area contributed by atoms with Crippen molar-refractivity contribution in [3.8, 4) is 0 Å². The number of nitrogens with one attached hydrogen (secondary N) is 2. The van der Waals surface area contributed by atoms with E-state index in [-0.39, 0.29) is 19.2 Å². The molecule has 1 unspecified atom stereocenters. The van der Waals surface area contributed by atoms with Crippen molar-refractivity contribution < 1.29 is 24.2 Å². The summed E-state index contributed by atoms with van der Waals surface area (Å²) in [5.74, 6) is 0. The van der Waals surface area contributed by atoms with E-state index in [1.54, 1.807) is 20.8 Å². The van der Waals surface area contributed by atoms with E-state index in [1.807, 2.05) is 0 Å². The van der Waals surface area contributed by atoms with E-state index in [9.17, 15) is 9.59 Å². The number of alkyl carbamates (subject to hydrolysis) is 1. The quantitative estimate of drug-likeness (QED) is 0.483. The number of ether oxygens (including phenoxy) is 2. The van der Waals surface area contributed by atoms with E-state index in [0.717, 1.165) is 0 Å². The SMILES string of the molecule is CC(C)(C)OC(=O)NCCCOCC(N)CNC(=O)O. The van der Waals surface area contributed by atoms with Gasteiger partial charge < -0.3 is 30.9 Å². The van der Waals surface area contributed by atoms with Gasteiger partial charge in [0, 0.05) is 25.7 Å². The number of carbonyl (C=O) groups excluding carboxylic acids is 1. The first kappa shape index (κ1) is 18.5. The Bertz CT molecular complexity index is 304. The summed E-state index contributed by atoms with van der Waals surface area (Å²) in [5.41, 5.74) is 5.10. The lowest BCUT2D eigenvalue weighted by Crippen LogP contribution is -2.39. The largest absolute Gasteiger partial charge is 0.465 e. The first-order valence-electron chi connectivity index (χ1n) is 6.47. The van der Waals surface area contributed by atoms with Crippen LogP contribution in [-0.2, 0) is 9.47 Å². The number of carbonyl (C=O) groups is 2. The molecule has 8 nitrogen and oxygen atoms in total. The van der Waals surface area contributed by atoms with E-state index in [0.29, 0.717) is 19.6 Å². The van der Waals surface area contributed by atoms with Gasteiger partial charge in [0.05, 0.1) is 6.61 Å². The lowest BCUT2D eigenvalue weighted by molar-refractivity contribution is 0.0518. The van der Waals surface area contributed by atoms with Gasteiger partial charge in [0.1, 0.15) is 5.60 Å². The molecule has 0 aromatic carbocycles.